The molecule has 0 radical (unpaired) electrons. The molecule has 70 valence electrons. The summed E-state index contributed by atoms with van der Waals surface area (Å²) in [5.74, 6) is 0.267. The molecule has 13 heavy (non-hydrogen) atoms. The van der Waals surface area contributed by atoms with Crippen LogP contribution in [0, 0.1) is 0 Å². The Morgan fingerprint density at radius 1 is 1.46 bits per heavy atom. The van der Waals surface area contributed by atoms with Crippen molar-refractivity contribution >= 4 is 17.1 Å². The quantitative estimate of drug-likeness (QED) is 0.688. The fraction of sp³-hybridized carbons (Fsp3) is 0.500. The van der Waals surface area contributed by atoms with E-state index in [1.807, 2.05) is 16.8 Å². The number of carbonyl (C=O) groups excluding carboxylic acids is 1. The summed E-state index contributed by atoms with van der Waals surface area (Å²) in [5.41, 5.74) is 0.872. The van der Waals surface area contributed by atoms with E-state index < -0.39 is 0 Å². The normalized spacial score (nSPS) is 17.8. The van der Waals surface area contributed by atoms with Gasteiger partial charge in [0.05, 0.1) is 6.54 Å². The first-order chi connectivity index (χ1) is 6.36. The number of carbonyl (C=O) groups is 1. The molecule has 0 N–H and O–H groups in total. The Balaban J connectivity index is 1.91. The zero-order chi connectivity index (χ0) is 9.10. The van der Waals surface area contributed by atoms with Gasteiger partial charge in [0.15, 0.2) is 5.78 Å². The van der Waals surface area contributed by atoms with Gasteiger partial charge in [-0.2, -0.15) is 11.3 Å². The van der Waals surface area contributed by atoms with E-state index in [1.165, 1.54) is 12.8 Å². The first-order valence-corrected chi connectivity index (χ1v) is 5.58. The van der Waals surface area contributed by atoms with Gasteiger partial charge in [0.1, 0.15) is 0 Å². The number of nitrogens with zero attached hydrogens (tertiary/aromatic N) is 1. The lowest BCUT2D eigenvalue weighted by atomic mass is 10.2. The highest BCUT2D eigenvalue weighted by Gasteiger charge is 2.15. The lowest BCUT2D eigenvalue weighted by Crippen LogP contribution is -2.26. The summed E-state index contributed by atoms with van der Waals surface area (Å²) in [4.78, 5) is 13.9. The Morgan fingerprint density at radius 3 is 2.85 bits per heavy atom. The van der Waals surface area contributed by atoms with Gasteiger partial charge in [-0.25, -0.2) is 0 Å². The minimum Gasteiger partial charge on any atom is -0.296 e. The second-order valence-electron chi connectivity index (χ2n) is 3.42. The summed E-state index contributed by atoms with van der Waals surface area (Å²) < 4.78 is 0. The first kappa shape index (κ1) is 8.91. The standard InChI is InChI=1S/C10H13NOS/c12-10(9-3-6-13-8-9)7-11-4-1-2-5-11/h3,6,8H,1-2,4-5,7H2. The molecule has 1 fully saturated rings. The van der Waals surface area contributed by atoms with E-state index in [-0.39, 0.29) is 5.78 Å². The van der Waals surface area contributed by atoms with Crippen molar-refractivity contribution in [3.63, 3.8) is 0 Å². The largest absolute Gasteiger partial charge is 0.296 e. The molecule has 1 aliphatic heterocycles. The molecule has 2 heterocycles. The van der Waals surface area contributed by atoms with E-state index in [2.05, 4.69) is 4.90 Å². The number of ketones is 1. The number of likely N-dealkylation sites (tertiary alicyclic amines) is 1. The number of rotatable bonds is 3. The van der Waals surface area contributed by atoms with Gasteiger partial charge in [-0.3, -0.25) is 9.69 Å². The molecule has 0 aliphatic carbocycles. The van der Waals surface area contributed by atoms with Crippen LogP contribution in [0.4, 0.5) is 0 Å². The summed E-state index contributed by atoms with van der Waals surface area (Å²) in [7, 11) is 0. The zero-order valence-electron chi connectivity index (χ0n) is 7.53. The third-order valence-corrected chi connectivity index (χ3v) is 3.09. The van der Waals surface area contributed by atoms with Gasteiger partial charge in [0, 0.05) is 10.9 Å². The Morgan fingerprint density at radius 2 is 2.23 bits per heavy atom. The van der Waals surface area contributed by atoms with Crippen molar-refractivity contribution in [1.82, 2.24) is 4.90 Å². The van der Waals surface area contributed by atoms with Crippen molar-refractivity contribution in [3.8, 4) is 0 Å². The van der Waals surface area contributed by atoms with Crippen LogP contribution >= 0.6 is 11.3 Å². The van der Waals surface area contributed by atoms with Gasteiger partial charge in [0.2, 0.25) is 0 Å². The molecule has 1 saturated heterocycles. The molecular formula is C10H13NOS. The molecular weight excluding hydrogens is 182 g/mol. The topological polar surface area (TPSA) is 20.3 Å². The van der Waals surface area contributed by atoms with E-state index in [0.717, 1.165) is 18.7 Å². The molecule has 0 bridgehead atoms. The number of thiophene rings is 1. The summed E-state index contributed by atoms with van der Waals surface area (Å²) in [6.45, 7) is 2.79. The summed E-state index contributed by atoms with van der Waals surface area (Å²) >= 11 is 1.59. The fourth-order valence-corrected chi connectivity index (χ4v) is 2.32. The van der Waals surface area contributed by atoms with Crippen LogP contribution in [-0.4, -0.2) is 30.3 Å². The monoisotopic (exact) mass is 195 g/mol. The molecule has 1 aromatic rings. The minimum atomic E-state index is 0.267. The van der Waals surface area contributed by atoms with E-state index >= 15 is 0 Å². The van der Waals surface area contributed by atoms with Crippen LogP contribution in [0.25, 0.3) is 0 Å². The number of Topliss-reactive ketones (excluding diaryl/α,β-unsaturated/α-hetero) is 1. The summed E-state index contributed by atoms with van der Waals surface area (Å²) in [6, 6.07) is 1.91. The molecule has 1 aliphatic rings. The highest BCUT2D eigenvalue weighted by molar-refractivity contribution is 7.08. The molecule has 1 aromatic heterocycles. The molecule has 0 aromatic carbocycles. The molecule has 0 spiro atoms. The Kier molecular flexibility index (Phi) is 2.76. The third-order valence-electron chi connectivity index (χ3n) is 2.41. The highest BCUT2D eigenvalue weighted by Crippen LogP contribution is 2.11. The predicted octanol–water partition coefficient (Wildman–Crippen LogP) is 2.03. The molecule has 0 saturated carbocycles. The maximum Gasteiger partial charge on any atom is 0.177 e. The maximum absolute atomic E-state index is 11.6. The lowest BCUT2D eigenvalue weighted by molar-refractivity contribution is 0.0946. The fourth-order valence-electron chi connectivity index (χ4n) is 1.66. The molecule has 2 rings (SSSR count). The van der Waals surface area contributed by atoms with Crippen LogP contribution in [0.2, 0.25) is 0 Å². The van der Waals surface area contributed by atoms with E-state index in [9.17, 15) is 4.79 Å². The Hall–Kier alpha value is -0.670. The maximum atomic E-state index is 11.6. The molecule has 0 unspecified atom stereocenters. The van der Waals surface area contributed by atoms with Gasteiger partial charge >= 0.3 is 0 Å². The van der Waals surface area contributed by atoms with Crippen molar-refractivity contribution in [2.75, 3.05) is 19.6 Å². The van der Waals surface area contributed by atoms with Gasteiger partial charge in [-0.1, -0.05) is 0 Å². The second-order valence-corrected chi connectivity index (χ2v) is 4.20. The van der Waals surface area contributed by atoms with Crippen molar-refractivity contribution in [2.24, 2.45) is 0 Å². The van der Waals surface area contributed by atoms with Crippen molar-refractivity contribution in [1.29, 1.82) is 0 Å². The van der Waals surface area contributed by atoms with Gasteiger partial charge in [-0.15, -0.1) is 0 Å². The van der Waals surface area contributed by atoms with Crippen molar-refractivity contribution in [3.05, 3.63) is 22.4 Å². The smallest absolute Gasteiger partial charge is 0.177 e. The SMILES string of the molecule is O=C(CN1CCCC1)c1ccsc1. The van der Waals surface area contributed by atoms with Crippen LogP contribution in [0.3, 0.4) is 0 Å². The minimum absolute atomic E-state index is 0.267. The van der Waals surface area contributed by atoms with Crippen LogP contribution in [0.1, 0.15) is 23.2 Å². The number of hydrogen-bond donors (Lipinski definition) is 0. The Bertz CT molecular complexity index is 275. The predicted molar refractivity (Wildman–Crippen MR) is 54.3 cm³/mol. The highest BCUT2D eigenvalue weighted by atomic mass is 32.1. The Labute approximate surface area is 82.2 Å². The van der Waals surface area contributed by atoms with Gasteiger partial charge < -0.3 is 0 Å². The molecule has 3 heteroatoms. The van der Waals surface area contributed by atoms with Crippen LogP contribution in [0.15, 0.2) is 16.8 Å². The van der Waals surface area contributed by atoms with E-state index in [0.29, 0.717) is 6.54 Å². The molecule has 2 nitrogen and oxygen atoms in total. The zero-order valence-corrected chi connectivity index (χ0v) is 8.35. The molecule has 0 atom stereocenters. The second kappa shape index (κ2) is 4.03. The van der Waals surface area contributed by atoms with Crippen LogP contribution in [0.5, 0.6) is 0 Å². The summed E-state index contributed by atoms with van der Waals surface area (Å²) in [6.07, 6.45) is 2.49. The van der Waals surface area contributed by atoms with E-state index in [1.54, 1.807) is 11.3 Å². The van der Waals surface area contributed by atoms with Gasteiger partial charge in [0.25, 0.3) is 0 Å². The average Bonchev–Trinajstić information content (AvgIpc) is 2.74. The van der Waals surface area contributed by atoms with E-state index in [4.69, 9.17) is 0 Å². The van der Waals surface area contributed by atoms with Crippen molar-refractivity contribution < 1.29 is 4.79 Å². The third kappa shape index (κ3) is 2.17. The average molecular weight is 195 g/mol. The van der Waals surface area contributed by atoms with Gasteiger partial charge in [-0.05, 0) is 37.4 Å². The number of hydrogen-bond acceptors (Lipinski definition) is 3. The van der Waals surface area contributed by atoms with Crippen LogP contribution in [-0.2, 0) is 0 Å². The van der Waals surface area contributed by atoms with Crippen LogP contribution < -0.4 is 0 Å². The first-order valence-electron chi connectivity index (χ1n) is 4.64. The van der Waals surface area contributed by atoms with Crippen molar-refractivity contribution in [2.45, 2.75) is 12.8 Å². The lowest BCUT2D eigenvalue weighted by Gasteiger charge is -2.12. The molecule has 0 amide bonds. The summed E-state index contributed by atoms with van der Waals surface area (Å²) in [5, 5.41) is 3.88.